The molecule has 1 aliphatic carbocycles. The number of fused-ring (bicyclic) bond motifs is 1. The lowest BCUT2D eigenvalue weighted by atomic mass is 9.86. The van der Waals surface area contributed by atoms with Gasteiger partial charge in [0.05, 0.1) is 12.0 Å². The van der Waals surface area contributed by atoms with Crippen molar-refractivity contribution in [2.45, 2.75) is 50.7 Å². The number of hydrogen-bond acceptors (Lipinski definition) is 8. The Hall–Kier alpha value is -3.04. The number of aliphatic hydroxyl groups is 1. The quantitative estimate of drug-likeness (QED) is 0.427. The predicted molar refractivity (Wildman–Crippen MR) is 135 cm³/mol. The number of amides is 1. The number of hydrogen-bond donors (Lipinski definition) is 3. The molecule has 5 rings (SSSR count). The van der Waals surface area contributed by atoms with Gasteiger partial charge in [0, 0.05) is 55.2 Å². The van der Waals surface area contributed by atoms with E-state index in [2.05, 4.69) is 30.6 Å². The van der Waals surface area contributed by atoms with Gasteiger partial charge in [-0.15, -0.1) is 0 Å². The van der Waals surface area contributed by atoms with E-state index < -0.39 is 6.10 Å². The zero-order valence-corrected chi connectivity index (χ0v) is 20.4. The van der Waals surface area contributed by atoms with E-state index >= 15 is 0 Å². The molecule has 3 N–H and O–H groups in total. The molecule has 1 saturated heterocycles. The normalized spacial score (nSPS) is 21.4. The van der Waals surface area contributed by atoms with Gasteiger partial charge in [-0.3, -0.25) is 4.79 Å². The number of pyridine rings is 2. The minimum Gasteiger partial charge on any atom is -0.389 e. The molecule has 184 valence electrons. The van der Waals surface area contributed by atoms with Crippen molar-refractivity contribution in [3.8, 4) is 0 Å². The molecule has 3 aromatic rings. The molecule has 4 heterocycles. The molecule has 10 heteroatoms. The van der Waals surface area contributed by atoms with Crippen LogP contribution in [0, 0.1) is 5.92 Å². The van der Waals surface area contributed by atoms with Crippen LogP contribution in [0.5, 0.6) is 0 Å². The van der Waals surface area contributed by atoms with E-state index in [0.29, 0.717) is 36.2 Å². The smallest absolute Gasteiger partial charge is 0.230 e. The maximum Gasteiger partial charge on any atom is 0.230 e. The highest BCUT2D eigenvalue weighted by atomic mass is 35.5. The number of halogens is 1. The number of rotatable bonds is 7. The van der Waals surface area contributed by atoms with Crippen LogP contribution in [0.4, 0.5) is 11.8 Å². The van der Waals surface area contributed by atoms with E-state index in [9.17, 15) is 9.90 Å². The Labute approximate surface area is 209 Å². The van der Waals surface area contributed by atoms with Gasteiger partial charge < -0.3 is 20.6 Å². The fourth-order valence-electron chi connectivity index (χ4n) is 4.75. The van der Waals surface area contributed by atoms with Gasteiger partial charge in [0.1, 0.15) is 11.3 Å². The van der Waals surface area contributed by atoms with Gasteiger partial charge in [-0.25, -0.2) is 19.9 Å². The lowest BCUT2D eigenvalue weighted by Crippen LogP contribution is -2.54. The summed E-state index contributed by atoms with van der Waals surface area (Å²) in [6.07, 6.45) is 9.07. The number of likely N-dealkylation sites (tertiary alicyclic amines) is 1. The third-order valence-corrected chi connectivity index (χ3v) is 7.30. The molecule has 35 heavy (non-hydrogen) atoms. The van der Waals surface area contributed by atoms with E-state index in [0.717, 1.165) is 54.5 Å². The van der Waals surface area contributed by atoms with Crippen molar-refractivity contribution in [3.63, 3.8) is 0 Å². The minimum atomic E-state index is -0.396. The molecule has 1 amide bonds. The van der Waals surface area contributed by atoms with E-state index in [1.807, 2.05) is 25.1 Å². The Balaban J connectivity index is 1.07. The van der Waals surface area contributed by atoms with Crippen molar-refractivity contribution >= 4 is 40.2 Å². The Morgan fingerprint density at radius 2 is 1.89 bits per heavy atom. The van der Waals surface area contributed by atoms with Crippen molar-refractivity contribution in [2.75, 3.05) is 30.3 Å². The number of β-amino-alcohol motifs (C(OH)–C–C–N with tert-alkyl or cyclic N) is 1. The third kappa shape index (κ3) is 5.46. The van der Waals surface area contributed by atoms with Crippen LogP contribution >= 0.6 is 11.6 Å². The largest absolute Gasteiger partial charge is 0.389 e. The van der Waals surface area contributed by atoms with Crippen molar-refractivity contribution in [2.24, 2.45) is 5.92 Å². The summed E-state index contributed by atoms with van der Waals surface area (Å²) in [5.74, 6) is 1.66. The summed E-state index contributed by atoms with van der Waals surface area (Å²) in [6.45, 7) is 3.49. The van der Waals surface area contributed by atoms with Crippen LogP contribution in [0.15, 0.2) is 36.8 Å². The van der Waals surface area contributed by atoms with Crippen LogP contribution in [0.25, 0.3) is 10.9 Å². The summed E-state index contributed by atoms with van der Waals surface area (Å²) >= 11 is 6.20. The van der Waals surface area contributed by atoms with Crippen LogP contribution in [0.1, 0.15) is 44.1 Å². The van der Waals surface area contributed by atoms with Gasteiger partial charge in [0.15, 0.2) is 5.15 Å². The maximum absolute atomic E-state index is 12.4. The Morgan fingerprint density at radius 1 is 1.14 bits per heavy atom. The lowest BCUT2D eigenvalue weighted by Gasteiger charge is -2.37. The van der Waals surface area contributed by atoms with Gasteiger partial charge in [-0.1, -0.05) is 11.6 Å². The first-order valence-electron chi connectivity index (χ1n) is 12.2. The number of anilines is 2. The molecule has 2 fully saturated rings. The lowest BCUT2D eigenvalue weighted by molar-refractivity contribution is -0.142. The molecular weight excluding hydrogens is 466 g/mol. The summed E-state index contributed by atoms with van der Waals surface area (Å²) in [5, 5.41) is 17.7. The molecule has 2 aliphatic rings. The first-order chi connectivity index (χ1) is 17.0. The second-order valence-electron chi connectivity index (χ2n) is 9.57. The van der Waals surface area contributed by atoms with Gasteiger partial charge in [0.25, 0.3) is 0 Å². The van der Waals surface area contributed by atoms with Gasteiger partial charge in [-0.05, 0) is 56.7 Å². The highest BCUT2D eigenvalue weighted by Crippen LogP contribution is 2.28. The fraction of sp³-hybridized carbons (Fsp3) is 0.480. The molecular formula is C25H30ClN7O2. The highest BCUT2D eigenvalue weighted by Gasteiger charge is 2.32. The number of carbonyl (C=O) groups is 1. The molecule has 9 nitrogen and oxygen atoms in total. The van der Waals surface area contributed by atoms with Gasteiger partial charge in [-0.2, -0.15) is 0 Å². The van der Waals surface area contributed by atoms with E-state index in [-0.39, 0.29) is 11.8 Å². The van der Waals surface area contributed by atoms with Crippen LogP contribution in [-0.2, 0) is 4.79 Å². The Bertz CT molecular complexity index is 1180. The summed E-state index contributed by atoms with van der Waals surface area (Å²) in [4.78, 5) is 31.7. The first kappa shape index (κ1) is 23.7. The monoisotopic (exact) mass is 495 g/mol. The first-order valence-corrected chi connectivity index (χ1v) is 12.5. The van der Waals surface area contributed by atoms with Crippen molar-refractivity contribution in [1.82, 2.24) is 24.8 Å². The van der Waals surface area contributed by atoms with E-state index in [1.165, 1.54) is 0 Å². The Kier molecular flexibility index (Phi) is 6.97. The standard InChI is InChI=1S/C25H30ClN7O2/c1-15(24(35)33-13-20(34)14-33)18-11-29-25(30-12-18)28-10-16-2-5-19(6-3-16)31-21-7-4-17-8-9-27-23(26)22(17)32-21/h4,7-9,11-12,15-16,19-20,34H,2-3,5-6,10,13-14H2,1H3,(H,31,32)(H,28,29,30)/t15-,16?,19?/m0/s1. The average Bonchev–Trinajstić information content (AvgIpc) is 2.86. The summed E-state index contributed by atoms with van der Waals surface area (Å²) in [7, 11) is 0. The molecule has 0 aromatic carbocycles. The SMILES string of the molecule is C[C@H](C(=O)N1CC(O)C1)c1cnc(NCC2CCC(Nc3ccc4ccnc(Cl)c4n3)CC2)nc1. The molecule has 0 unspecified atom stereocenters. The van der Waals surface area contributed by atoms with Crippen molar-refractivity contribution in [1.29, 1.82) is 0 Å². The van der Waals surface area contributed by atoms with E-state index in [1.54, 1.807) is 23.5 Å². The zero-order chi connectivity index (χ0) is 24.4. The molecule has 0 bridgehead atoms. The number of nitrogens with one attached hydrogen (secondary N) is 2. The minimum absolute atomic E-state index is 0.00336. The maximum atomic E-state index is 12.4. The van der Waals surface area contributed by atoms with Crippen LogP contribution < -0.4 is 10.6 Å². The Morgan fingerprint density at radius 3 is 2.60 bits per heavy atom. The molecule has 0 spiro atoms. The van der Waals surface area contributed by atoms with Crippen molar-refractivity contribution < 1.29 is 9.90 Å². The number of aliphatic hydroxyl groups excluding tert-OH is 1. The van der Waals surface area contributed by atoms with Gasteiger partial charge in [0.2, 0.25) is 11.9 Å². The topological polar surface area (TPSA) is 116 Å². The number of aromatic nitrogens is 4. The zero-order valence-electron chi connectivity index (χ0n) is 19.7. The van der Waals surface area contributed by atoms with Crippen LogP contribution in [0.3, 0.4) is 0 Å². The number of carbonyl (C=O) groups excluding carboxylic acids is 1. The average molecular weight is 496 g/mol. The molecule has 1 atom stereocenters. The summed E-state index contributed by atoms with van der Waals surface area (Å²) in [5.41, 5.74) is 1.51. The molecule has 3 aromatic heterocycles. The summed E-state index contributed by atoms with van der Waals surface area (Å²) < 4.78 is 0. The second-order valence-corrected chi connectivity index (χ2v) is 9.93. The second kappa shape index (κ2) is 10.3. The van der Waals surface area contributed by atoms with Gasteiger partial charge >= 0.3 is 0 Å². The fourth-order valence-corrected chi connectivity index (χ4v) is 4.96. The molecule has 0 radical (unpaired) electrons. The van der Waals surface area contributed by atoms with Crippen LogP contribution in [-0.4, -0.2) is 67.6 Å². The highest BCUT2D eigenvalue weighted by molar-refractivity contribution is 6.33. The number of nitrogens with zero attached hydrogens (tertiary/aromatic N) is 5. The molecule has 1 aliphatic heterocycles. The molecule has 1 saturated carbocycles. The van der Waals surface area contributed by atoms with E-state index in [4.69, 9.17) is 11.6 Å². The van der Waals surface area contributed by atoms with Crippen LogP contribution in [0.2, 0.25) is 5.15 Å². The third-order valence-electron chi connectivity index (χ3n) is 7.03. The predicted octanol–water partition coefficient (Wildman–Crippen LogP) is 3.46. The van der Waals surface area contributed by atoms with Crippen molar-refractivity contribution in [3.05, 3.63) is 47.5 Å². The summed E-state index contributed by atoms with van der Waals surface area (Å²) in [6, 6.07) is 6.31.